The molecular weight excluding hydrogens is 130 g/mol. The molecule has 0 aromatic rings. The number of hydrogen-bond acceptors (Lipinski definition) is 2. The monoisotopic (exact) mass is 143 g/mol. The van der Waals surface area contributed by atoms with Gasteiger partial charge in [-0.15, -0.1) is 0 Å². The van der Waals surface area contributed by atoms with E-state index in [9.17, 15) is 9.90 Å². The highest BCUT2D eigenvalue weighted by Crippen LogP contribution is 2.34. The Kier molecular flexibility index (Phi) is 1.94. The first-order valence-corrected chi connectivity index (χ1v) is 3.70. The predicted molar refractivity (Wildman–Crippen MR) is 37.5 cm³/mol. The van der Waals surface area contributed by atoms with E-state index in [0.29, 0.717) is 19.4 Å². The van der Waals surface area contributed by atoms with Crippen molar-refractivity contribution in [2.75, 3.05) is 6.54 Å². The Morgan fingerprint density at radius 1 is 1.70 bits per heavy atom. The highest BCUT2D eigenvalue weighted by atomic mass is 16.3. The van der Waals surface area contributed by atoms with E-state index < -0.39 is 5.60 Å². The first-order valence-electron chi connectivity index (χ1n) is 3.70. The van der Waals surface area contributed by atoms with E-state index in [4.69, 9.17) is 0 Å². The molecule has 3 nitrogen and oxygen atoms in total. The van der Waals surface area contributed by atoms with Crippen LogP contribution in [0.3, 0.4) is 0 Å². The number of carbonyl (C=O) groups is 1. The molecule has 0 bridgehead atoms. The van der Waals surface area contributed by atoms with Crippen LogP contribution in [0, 0.1) is 0 Å². The van der Waals surface area contributed by atoms with Crippen molar-refractivity contribution in [3.05, 3.63) is 0 Å². The summed E-state index contributed by atoms with van der Waals surface area (Å²) >= 11 is 0. The first kappa shape index (κ1) is 7.54. The van der Waals surface area contributed by atoms with Gasteiger partial charge in [0.15, 0.2) is 0 Å². The van der Waals surface area contributed by atoms with Crippen LogP contribution in [0.1, 0.15) is 26.2 Å². The van der Waals surface area contributed by atoms with Crippen LogP contribution in [0.4, 0.5) is 0 Å². The molecular formula is C7H13NO2. The van der Waals surface area contributed by atoms with Crippen molar-refractivity contribution in [3.63, 3.8) is 0 Å². The normalized spacial score (nSPS) is 20.2. The smallest absolute Gasteiger partial charge is 0.251 e. The number of aliphatic hydroxyl groups is 1. The van der Waals surface area contributed by atoms with E-state index >= 15 is 0 Å². The van der Waals surface area contributed by atoms with Crippen molar-refractivity contribution in [3.8, 4) is 0 Å². The van der Waals surface area contributed by atoms with Crippen molar-refractivity contribution in [1.82, 2.24) is 5.32 Å². The van der Waals surface area contributed by atoms with E-state index in [1.54, 1.807) is 0 Å². The third-order valence-electron chi connectivity index (χ3n) is 1.68. The standard InChI is InChI=1S/C7H13NO2/c1-2-5-8-6(9)7(10)3-4-7/h10H,2-5H2,1H3,(H,8,9). The van der Waals surface area contributed by atoms with Gasteiger partial charge in [-0.3, -0.25) is 4.79 Å². The highest BCUT2D eigenvalue weighted by molar-refractivity contribution is 5.87. The Bertz CT molecular complexity index is 141. The molecule has 3 heteroatoms. The average Bonchev–Trinajstić information content (AvgIpc) is 2.64. The van der Waals surface area contributed by atoms with Gasteiger partial charge < -0.3 is 10.4 Å². The summed E-state index contributed by atoms with van der Waals surface area (Å²) in [5.41, 5.74) is -0.991. The lowest BCUT2D eigenvalue weighted by molar-refractivity contribution is -0.131. The molecule has 0 heterocycles. The zero-order valence-corrected chi connectivity index (χ0v) is 6.18. The third kappa shape index (κ3) is 1.48. The molecule has 0 aromatic heterocycles. The third-order valence-corrected chi connectivity index (χ3v) is 1.68. The molecule has 0 aromatic carbocycles. The van der Waals surface area contributed by atoms with Gasteiger partial charge in [-0.2, -0.15) is 0 Å². The molecule has 2 N–H and O–H groups in total. The van der Waals surface area contributed by atoms with Gasteiger partial charge >= 0.3 is 0 Å². The molecule has 58 valence electrons. The Balaban J connectivity index is 2.22. The van der Waals surface area contributed by atoms with Crippen LogP contribution in [-0.2, 0) is 4.79 Å². The fourth-order valence-corrected chi connectivity index (χ4v) is 0.749. The number of nitrogens with one attached hydrogen (secondary N) is 1. The molecule has 0 unspecified atom stereocenters. The van der Waals surface area contributed by atoms with E-state index in [1.165, 1.54) is 0 Å². The second-order valence-electron chi connectivity index (χ2n) is 2.79. The van der Waals surface area contributed by atoms with Crippen LogP contribution >= 0.6 is 0 Å². The molecule has 1 fully saturated rings. The lowest BCUT2D eigenvalue weighted by Crippen LogP contribution is -2.36. The van der Waals surface area contributed by atoms with Gasteiger partial charge in [-0.05, 0) is 19.3 Å². The van der Waals surface area contributed by atoms with Crippen LogP contribution < -0.4 is 5.32 Å². The number of amides is 1. The maximum Gasteiger partial charge on any atom is 0.251 e. The summed E-state index contributed by atoms with van der Waals surface area (Å²) in [4.78, 5) is 10.9. The zero-order valence-electron chi connectivity index (χ0n) is 6.18. The van der Waals surface area contributed by atoms with Crippen molar-refractivity contribution in [1.29, 1.82) is 0 Å². The van der Waals surface area contributed by atoms with Crippen molar-refractivity contribution >= 4 is 5.91 Å². The van der Waals surface area contributed by atoms with Gasteiger partial charge in [0.1, 0.15) is 5.60 Å². The Morgan fingerprint density at radius 3 is 2.70 bits per heavy atom. The van der Waals surface area contributed by atoms with Crippen LogP contribution in [0.25, 0.3) is 0 Å². The minimum atomic E-state index is -0.991. The largest absolute Gasteiger partial charge is 0.380 e. The second kappa shape index (κ2) is 2.58. The average molecular weight is 143 g/mol. The summed E-state index contributed by atoms with van der Waals surface area (Å²) in [5.74, 6) is -0.200. The Morgan fingerprint density at radius 2 is 2.30 bits per heavy atom. The maximum absolute atomic E-state index is 10.9. The highest BCUT2D eigenvalue weighted by Gasteiger charge is 2.47. The predicted octanol–water partition coefficient (Wildman–Crippen LogP) is 0.0375. The lowest BCUT2D eigenvalue weighted by Gasteiger charge is -2.06. The summed E-state index contributed by atoms with van der Waals surface area (Å²) in [6.45, 7) is 2.65. The number of hydrogen-bond donors (Lipinski definition) is 2. The minimum absolute atomic E-state index is 0.200. The molecule has 1 rings (SSSR count). The van der Waals surface area contributed by atoms with Gasteiger partial charge in [0.2, 0.25) is 0 Å². The molecule has 0 saturated heterocycles. The van der Waals surface area contributed by atoms with Crippen LogP contribution in [0.5, 0.6) is 0 Å². The van der Waals surface area contributed by atoms with E-state index in [0.717, 1.165) is 6.42 Å². The second-order valence-corrected chi connectivity index (χ2v) is 2.79. The zero-order chi connectivity index (χ0) is 7.61. The fourth-order valence-electron chi connectivity index (χ4n) is 0.749. The fraction of sp³-hybridized carbons (Fsp3) is 0.857. The van der Waals surface area contributed by atoms with E-state index in [1.807, 2.05) is 6.92 Å². The lowest BCUT2D eigenvalue weighted by atomic mass is 10.3. The Hall–Kier alpha value is -0.570. The summed E-state index contributed by atoms with van der Waals surface area (Å²) in [7, 11) is 0. The van der Waals surface area contributed by atoms with Gasteiger partial charge in [-0.25, -0.2) is 0 Å². The Labute approximate surface area is 60.4 Å². The summed E-state index contributed by atoms with van der Waals surface area (Å²) < 4.78 is 0. The maximum atomic E-state index is 10.9. The number of carbonyl (C=O) groups excluding carboxylic acids is 1. The molecule has 10 heavy (non-hydrogen) atoms. The van der Waals surface area contributed by atoms with Gasteiger partial charge in [0.25, 0.3) is 5.91 Å². The van der Waals surface area contributed by atoms with Crippen LogP contribution in [0.2, 0.25) is 0 Å². The van der Waals surface area contributed by atoms with Crippen molar-refractivity contribution in [2.24, 2.45) is 0 Å². The first-order chi connectivity index (χ1) is 4.69. The molecule has 0 spiro atoms. The summed E-state index contributed by atoms with van der Waals surface area (Å²) in [6.07, 6.45) is 2.17. The summed E-state index contributed by atoms with van der Waals surface area (Å²) in [5, 5.41) is 11.9. The SMILES string of the molecule is CCCNC(=O)C1(O)CC1. The molecule has 1 saturated carbocycles. The van der Waals surface area contributed by atoms with Gasteiger partial charge in [-0.1, -0.05) is 6.92 Å². The quantitative estimate of drug-likeness (QED) is 0.586. The topological polar surface area (TPSA) is 49.3 Å². The van der Waals surface area contributed by atoms with Gasteiger partial charge in [0, 0.05) is 6.54 Å². The van der Waals surface area contributed by atoms with Crippen molar-refractivity contribution < 1.29 is 9.90 Å². The molecule has 1 aliphatic rings. The van der Waals surface area contributed by atoms with E-state index in [2.05, 4.69) is 5.32 Å². The minimum Gasteiger partial charge on any atom is -0.380 e. The van der Waals surface area contributed by atoms with Crippen LogP contribution in [-0.4, -0.2) is 23.2 Å². The molecule has 1 aliphatic carbocycles. The van der Waals surface area contributed by atoms with Crippen molar-refractivity contribution in [2.45, 2.75) is 31.8 Å². The van der Waals surface area contributed by atoms with E-state index in [-0.39, 0.29) is 5.91 Å². The molecule has 0 aliphatic heterocycles. The number of rotatable bonds is 3. The molecule has 0 atom stereocenters. The molecule has 0 radical (unpaired) electrons. The van der Waals surface area contributed by atoms with Gasteiger partial charge in [0.05, 0.1) is 0 Å². The summed E-state index contributed by atoms with van der Waals surface area (Å²) in [6, 6.07) is 0. The van der Waals surface area contributed by atoms with Crippen LogP contribution in [0.15, 0.2) is 0 Å². The molecule has 1 amide bonds.